The lowest BCUT2D eigenvalue weighted by atomic mass is 9.76. The average Bonchev–Trinajstić information content (AvgIpc) is 2.16. The monoisotopic (exact) mass is 203 g/mol. The molecule has 0 spiro atoms. The molecule has 15 heavy (non-hydrogen) atoms. The van der Waals surface area contributed by atoms with E-state index < -0.39 is 0 Å². The molecule has 0 N–H and O–H groups in total. The van der Waals surface area contributed by atoms with E-state index in [0.717, 1.165) is 6.42 Å². The van der Waals surface area contributed by atoms with Gasteiger partial charge in [-0.3, -0.25) is 0 Å². The molecule has 0 aromatic carbocycles. The summed E-state index contributed by atoms with van der Waals surface area (Å²) < 4.78 is 0. The van der Waals surface area contributed by atoms with Crippen LogP contribution in [-0.4, -0.2) is 0 Å². The standard InChI is InChI=1S/C14H21N/c1-10(2)12-6-11(3)7-13(8-12)14(4,5)9-15/h6,8,10-11H,7H2,1-5H3. The van der Waals surface area contributed by atoms with Crippen LogP contribution in [0.4, 0.5) is 0 Å². The highest BCUT2D eigenvalue weighted by Crippen LogP contribution is 2.36. The molecule has 0 aromatic heterocycles. The van der Waals surface area contributed by atoms with Gasteiger partial charge in [0.25, 0.3) is 0 Å². The molecule has 1 aliphatic carbocycles. The van der Waals surface area contributed by atoms with Gasteiger partial charge in [0.15, 0.2) is 0 Å². The Morgan fingerprint density at radius 1 is 1.47 bits per heavy atom. The lowest BCUT2D eigenvalue weighted by molar-refractivity contribution is 0.521. The maximum absolute atomic E-state index is 9.15. The first kappa shape index (κ1) is 12.0. The van der Waals surface area contributed by atoms with Crippen molar-refractivity contribution < 1.29 is 0 Å². The van der Waals surface area contributed by atoms with Crippen molar-refractivity contribution in [3.05, 3.63) is 23.3 Å². The van der Waals surface area contributed by atoms with Crippen LogP contribution in [0.1, 0.15) is 41.0 Å². The maximum Gasteiger partial charge on any atom is 0.0729 e. The van der Waals surface area contributed by atoms with E-state index >= 15 is 0 Å². The largest absolute Gasteiger partial charge is 0.197 e. The summed E-state index contributed by atoms with van der Waals surface area (Å²) in [7, 11) is 0. The predicted molar refractivity (Wildman–Crippen MR) is 64.2 cm³/mol. The molecule has 0 fully saturated rings. The highest BCUT2D eigenvalue weighted by molar-refractivity contribution is 5.35. The maximum atomic E-state index is 9.15. The third kappa shape index (κ3) is 2.72. The zero-order valence-corrected chi connectivity index (χ0v) is 10.5. The minimum absolute atomic E-state index is 0.317. The summed E-state index contributed by atoms with van der Waals surface area (Å²) in [6.07, 6.45) is 5.59. The second-order valence-electron chi connectivity index (χ2n) is 5.41. The third-order valence-electron chi connectivity index (χ3n) is 3.11. The zero-order valence-electron chi connectivity index (χ0n) is 10.5. The summed E-state index contributed by atoms with van der Waals surface area (Å²) in [6.45, 7) is 10.7. The van der Waals surface area contributed by atoms with Crippen molar-refractivity contribution in [1.82, 2.24) is 0 Å². The van der Waals surface area contributed by atoms with Gasteiger partial charge in [0.2, 0.25) is 0 Å². The molecule has 1 nitrogen and oxygen atoms in total. The van der Waals surface area contributed by atoms with Gasteiger partial charge >= 0.3 is 0 Å². The van der Waals surface area contributed by atoms with Gasteiger partial charge in [0, 0.05) is 0 Å². The van der Waals surface area contributed by atoms with Crippen LogP contribution in [0, 0.1) is 28.6 Å². The molecule has 1 rings (SSSR count). The molecule has 0 amide bonds. The smallest absolute Gasteiger partial charge is 0.0729 e. The first-order valence-electron chi connectivity index (χ1n) is 5.71. The minimum Gasteiger partial charge on any atom is -0.197 e. The van der Waals surface area contributed by atoms with Crippen molar-refractivity contribution in [3.8, 4) is 6.07 Å². The quantitative estimate of drug-likeness (QED) is 0.663. The Morgan fingerprint density at radius 3 is 2.53 bits per heavy atom. The molecule has 0 aromatic rings. The van der Waals surface area contributed by atoms with Gasteiger partial charge in [-0.15, -0.1) is 0 Å². The molecule has 82 valence electrons. The second kappa shape index (κ2) is 4.23. The van der Waals surface area contributed by atoms with Gasteiger partial charge in [0.1, 0.15) is 0 Å². The minimum atomic E-state index is -0.317. The van der Waals surface area contributed by atoms with Crippen LogP contribution in [0.25, 0.3) is 0 Å². The summed E-state index contributed by atoms with van der Waals surface area (Å²) in [4.78, 5) is 0. The summed E-state index contributed by atoms with van der Waals surface area (Å²) >= 11 is 0. The number of allylic oxidation sites excluding steroid dienone is 4. The van der Waals surface area contributed by atoms with Gasteiger partial charge in [-0.1, -0.05) is 32.9 Å². The van der Waals surface area contributed by atoms with E-state index in [9.17, 15) is 0 Å². The Labute approximate surface area is 93.5 Å². The Balaban J connectivity index is 3.04. The van der Waals surface area contributed by atoms with E-state index in [-0.39, 0.29) is 5.41 Å². The van der Waals surface area contributed by atoms with Crippen molar-refractivity contribution in [1.29, 1.82) is 5.26 Å². The van der Waals surface area contributed by atoms with Crippen LogP contribution in [0.5, 0.6) is 0 Å². The van der Waals surface area contributed by atoms with Crippen molar-refractivity contribution >= 4 is 0 Å². The van der Waals surface area contributed by atoms with Crippen LogP contribution >= 0.6 is 0 Å². The third-order valence-corrected chi connectivity index (χ3v) is 3.11. The molecule has 0 radical (unpaired) electrons. The van der Waals surface area contributed by atoms with Gasteiger partial charge in [0.05, 0.1) is 11.5 Å². The molecule has 1 unspecified atom stereocenters. The summed E-state index contributed by atoms with van der Waals surface area (Å²) in [5.74, 6) is 1.12. The van der Waals surface area contributed by atoms with Crippen molar-refractivity contribution in [3.63, 3.8) is 0 Å². The first-order valence-corrected chi connectivity index (χ1v) is 5.71. The summed E-state index contributed by atoms with van der Waals surface area (Å²) in [5.41, 5.74) is 2.35. The first-order chi connectivity index (χ1) is 6.86. The molecule has 1 aliphatic rings. The fraction of sp³-hybridized carbons (Fsp3) is 0.643. The molecule has 0 heterocycles. The van der Waals surface area contributed by atoms with E-state index in [0.29, 0.717) is 11.8 Å². The van der Waals surface area contributed by atoms with Crippen molar-refractivity contribution in [2.45, 2.75) is 41.0 Å². The fourth-order valence-electron chi connectivity index (χ4n) is 1.91. The van der Waals surface area contributed by atoms with E-state index in [4.69, 9.17) is 5.26 Å². The number of rotatable bonds is 2. The topological polar surface area (TPSA) is 23.8 Å². The lowest BCUT2D eigenvalue weighted by Gasteiger charge is -2.27. The molecule has 0 saturated heterocycles. The van der Waals surface area contributed by atoms with Crippen LogP contribution in [0.3, 0.4) is 0 Å². The van der Waals surface area contributed by atoms with Crippen molar-refractivity contribution in [2.75, 3.05) is 0 Å². The number of hydrogen-bond donors (Lipinski definition) is 0. The van der Waals surface area contributed by atoms with Gasteiger partial charge in [-0.05, 0) is 43.3 Å². The molecule has 0 aliphatic heterocycles. The average molecular weight is 203 g/mol. The van der Waals surface area contributed by atoms with E-state index in [1.165, 1.54) is 11.1 Å². The summed E-state index contributed by atoms with van der Waals surface area (Å²) in [5, 5.41) is 9.15. The van der Waals surface area contributed by atoms with Crippen LogP contribution in [-0.2, 0) is 0 Å². The lowest BCUT2D eigenvalue weighted by Crippen LogP contribution is -2.17. The van der Waals surface area contributed by atoms with Crippen LogP contribution in [0.15, 0.2) is 23.3 Å². The summed E-state index contributed by atoms with van der Waals surface area (Å²) in [6, 6.07) is 2.40. The van der Waals surface area contributed by atoms with E-state index in [2.05, 4.69) is 39.0 Å². The second-order valence-corrected chi connectivity index (χ2v) is 5.41. The molecule has 0 bridgehead atoms. The highest BCUT2D eigenvalue weighted by Gasteiger charge is 2.26. The SMILES string of the molecule is CC1C=C(C(C)C)C=C(C(C)(C)C#N)C1. The van der Waals surface area contributed by atoms with E-state index in [1.54, 1.807) is 0 Å². The Hall–Kier alpha value is -1.03. The van der Waals surface area contributed by atoms with Gasteiger partial charge in [-0.2, -0.15) is 5.26 Å². The number of nitriles is 1. The Morgan fingerprint density at radius 2 is 2.07 bits per heavy atom. The van der Waals surface area contributed by atoms with Crippen LogP contribution in [0.2, 0.25) is 0 Å². The number of hydrogen-bond acceptors (Lipinski definition) is 1. The zero-order chi connectivity index (χ0) is 11.6. The highest BCUT2D eigenvalue weighted by atomic mass is 14.4. The normalized spacial score (nSPS) is 22.1. The predicted octanol–water partition coefficient (Wildman–Crippen LogP) is 4.08. The van der Waals surface area contributed by atoms with Crippen LogP contribution < -0.4 is 0 Å². The number of nitrogens with zero attached hydrogens (tertiary/aromatic N) is 1. The Bertz CT molecular complexity index is 337. The molecular weight excluding hydrogens is 182 g/mol. The van der Waals surface area contributed by atoms with Gasteiger partial charge < -0.3 is 0 Å². The molecule has 1 heteroatoms. The van der Waals surface area contributed by atoms with E-state index in [1.807, 2.05) is 13.8 Å². The molecule has 0 saturated carbocycles. The van der Waals surface area contributed by atoms with Crippen molar-refractivity contribution in [2.24, 2.45) is 17.3 Å². The Kier molecular flexibility index (Phi) is 3.39. The fourth-order valence-corrected chi connectivity index (χ4v) is 1.91. The molecular formula is C14H21N. The molecule has 1 atom stereocenters. The van der Waals surface area contributed by atoms with Gasteiger partial charge in [-0.25, -0.2) is 0 Å².